The van der Waals surface area contributed by atoms with E-state index in [-0.39, 0.29) is 6.15 Å². The van der Waals surface area contributed by atoms with Crippen molar-refractivity contribution < 1.29 is 21.6 Å². The number of nitrogens with two attached hydrogens (primary N) is 1. The lowest BCUT2D eigenvalue weighted by Gasteiger charge is -1.98. The Morgan fingerprint density at radius 2 is 1.25 bits per heavy atom. The fourth-order valence-corrected chi connectivity index (χ4v) is 0. The molecule has 0 aromatic carbocycles. The maximum Gasteiger partial charge on any atom is 0.511 e. The molecule has 1 aliphatic carbocycles. The molecule has 0 aliphatic heterocycles. The monoisotopic (exact) mass is 208 g/mol. The van der Waals surface area contributed by atoms with Gasteiger partial charge in [-0.05, 0) is 0 Å². The number of primary sulfonamides is 1. The van der Waals surface area contributed by atoms with Crippen molar-refractivity contribution in [2.24, 2.45) is 5.14 Å². The third kappa shape index (κ3) is 7.76. The molecular weight excluding hydrogens is 197 g/mol. The van der Waals surface area contributed by atoms with Crippen LogP contribution in [-0.2, 0) is 10.0 Å². The predicted molar refractivity (Wildman–Crippen MR) is 38.0 cm³/mol. The van der Waals surface area contributed by atoms with Gasteiger partial charge in [0, 0.05) is 0 Å². The minimum atomic E-state index is -5.34. The van der Waals surface area contributed by atoms with Crippen molar-refractivity contribution in [3.63, 3.8) is 0 Å². The SMILES string of the molecule is C1CC1.N.NS(=O)(=O)C(F)(F)F. The molecule has 0 aromatic heterocycles. The molecule has 1 rings (SSSR count). The highest BCUT2D eigenvalue weighted by Crippen LogP contribution is 2.18. The first-order chi connectivity index (χ1) is 4.75. The first kappa shape index (κ1) is 14.2. The minimum absolute atomic E-state index is 0. The Morgan fingerprint density at radius 3 is 1.25 bits per heavy atom. The van der Waals surface area contributed by atoms with Crippen molar-refractivity contribution >= 4 is 10.0 Å². The van der Waals surface area contributed by atoms with E-state index in [4.69, 9.17) is 0 Å². The van der Waals surface area contributed by atoms with Crippen molar-refractivity contribution in [1.29, 1.82) is 0 Å². The summed E-state index contributed by atoms with van der Waals surface area (Å²) >= 11 is 0. The van der Waals surface area contributed by atoms with Crippen LogP contribution in [0.25, 0.3) is 0 Å². The first-order valence-electron chi connectivity index (χ1n) is 2.84. The molecule has 1 fully saturated rings. The maximum atomic E-state index is 10.8. The number of alkyl halides is 3. The third-order valence-electron chi connectivity index (χ3n) is 0.676. The Kier molecular flexibility index (Phi) is 5.48. The van der Waals surface area contributed by atoms with E-state index in [0.717, 1.165) is 0 Å². The van der Waals surface area contributed by atoms with Crippen LogP contribution in [0.4, 0.5) is 13.2 Å². The molecule has 5 N–H and O–H groups in total. The molecule has 1 aliphatic rings. The number of sulfonamides is 1. The van der Waals surface area contributed by atoms with Crippen LogP contribution in [0.3, 0.4) is 0 Å². The Morgan fingerprint density at radius 1 is 1.08 bits per heavy atom. The molecule has 0 radical (unpaired) electrons. The highest BCUT2D eigenvalue weighted by molar-refractivity contribution is 7.90. The predicted octanol–water partition coefficient (Wildman–Crippen LogP) is 1.13. The van der Waals surface area contributed by atoms with E-state index in [2.05, 4.69) is 5.14 Å². The first-order valence-corrected chi connectivity index (χ1v) is 4.39. The maximum absolute atomic E-state index is 10.8. The second-order valence-electron chi connectivity index (χ2n) is 2.05. The zero-order valence-corrected chi connectivity index (χ0v) is 7.08. The summed E-state index contributed by atoms with van der Waals surface area (Å²) in [6, 6.07) is 0. The molecule has 0 unspecified atom stereocenters. The van der Waals surface area contributed by atoms with Crippen LogP contribution in [0.5, 0.6) is 0 Å². The van der Waals surface area contributed by atoms with E-state index in [1.807, 2.05) is 0 Å². The lowest BCUT2D eigenvalue weighted by atomic mass is 11.0. The lowest BCUT2D eigenvalue weighted by Crippen LogP contribution is -2.30. The Bertz CT molecular complexity index is 206. The second-order valence-corrected chi connectivity index (χ2v) is 3.60. The van der Waals surface area contributed by atoms with Crippen LogP contribution in [0.1, 0.15) is 19.3 Å². The van der Waals surface area contributed by atoms with Gasteiger partial charge in [0.2, 0.25) is 0 Å². The van der Waals surface area contributed by atoms with Crippen LogP contribution in [0, 0.1) is 0 Å². The molecule has 1 saturated carbocycles. The molecule has 12 heavy (non-hydrogen) atoms. The summed E-state index contributed by atoms with van der Waals surface area (Å²) in [7, 11) is -5.34. The molecule has 0 bridgehead atoms. The quantitative estimate of drug-likeness (QED) is 0.624. The van der Waals surface area contributed by atoms with Crippen molar-refractivity contribution in [3.05, 3.63) is 0 Å². The van der Waals surface area contributed by atoms with Gasteiger partial charge in [-0.15, -0.1) is 0 Å². The van der Waals surface area contributed by atoms with E-state index in [1.54, 1.807) is 0 Å². The number of hydrogen-bond donors (Lipinski definition) is 2. The van der Waals surface area contributed by atoms with Crippen LogP contribution in [0.15, 0.2) is 0 Å². The molecule has 0 spiro atoms. The second kappa shape index (κ2) is 4.63. The van der Waals surface area contributed by atoms with Crippen LogP contribution in [-0.4, -0.2) is 13.9 Å². The van der Waals surface area contributed by atoms with Gasteiger partial charge in [0.15, 0.2) is 0 Å². The molecule has 4 nitrogen and oxygen atoms in total. The molecule has 0 heterocycles. The Labute approximate surface area is 68.6 Å². The van der Waals surface area contributed by atoms with Gasteiger partial charge in [-0.1, -0.05) is 19.3 Å². The molecule has 76 valence electrons. The van der Waals surface area contributed by atoms with Gasteiger partial charge in [0.1, 0.15) is 0 Å². The van der Waals surface area contributed by atoms with E-state index in [0.29, 0.717) is 0 Å². The van der Waals surface area contributed by atoms with E-state index < -0.39 is 15.5 Å². The van der Waals surface area contributed by atoms with Gasteiger partial charge in [-0.2, -0.15) is 13.2 Å². The average Bonchev–Trinajstić information content (AvgIpc) is 2.37. The minimum Gasteiger partial charge on any atom is -0.344 e. The van der Waals surface area contributed by atoms with Gasteiger partial charge in [0.05, 0.1) is 0 Å². The molecule has 8 heteroatoms. The molecule has 0 saturated heterocycles. The molecular formula is C4H11F3N2O2S. The standard InChI is InChI=1S/C3H6.CH2F3NO2S.H3N/c1-2-3-1;2-1(3,4)8(5,6)7;/h1-3H2;(H2,5,6,7);1H3. The highest BCUT2D eigenvalue weighted by atomic mass is 32.2. The lowest BCUT2D eigenvalue weighted by molar-refractivity contribution is -0.0436. The van der Waals surface area contributed by atoms with Gasteiger partial charge in [-0.3, -0.25) is 0 Å². The summed E-state index contributed by atoms with van der Waals surface area (Å²) in [6.45, 7) is 0. The third-order valence-corrected chi connectivity index (χ3v) is 1.32. The normalized spacial score (nSPS) is 15.3. The highest BCUT2D eigenvalue weighted by Gasteiger charge is 2.42. The zero-order valence-electron chi connectivity index (χ0n) is 6.26. The van der Waals surface area contributed by atoms with Gasteiger partial charge in [-0.25, -0.2) is 13.6 Å². The van der Waals surface area contributed by atoms with Crippen molar-refractivity contribution in [3.8, 4) is 0 Å². The van der Waals surface area contributed by atoms with Crippen molar-refractivity contribution in [2.45, 2.75) is 24.8 Å². The van der Waals surface area contributed by atoms with Crippen LogP contribution in [0.2, 0.25) is 0 Å². The van der Waals surface area contributed by atoms with Gasteiger partial charge < -0.3 is 6.15 Å². The van der Waals surface area contributed by atoms with Gasteiger partial charge in [0.25, 0.3) is 0 Å². The summed E-state index contributed by atoms with van der Waals surface area (Å²) in [5, 5.41) is 3.66. The number of hydrogen-bond acceptors (Lipinski definition) is 3. The van der Waals surface area contributed by atoms with Crippen LogP contribution >= 0.6 is 0 Å². The molecule has 0 atom stereocenters. The van der Waals surface area contributed by atoms with Crippen molar-refractivity contribution in [1.82, 2.24) is 6.15 Å². The summed E-state index contributed by atoms with van der Waals surface area (Å²) in [5.41, 5.74) is -5.31. The number of halogens is 3. The fourth-order valence-electron chi connectivity index (χ4n) is 0. The summed E-state index contributed by atoms with van der Waals surface area (Å²) in [5.74, 6) is 0. The van der Waals surface area contributed by atoms with Gasteiger partial charge >= 0.3 is 15.5 Å². The topological polar surface area (TPSA) is 95.2 Å². The fraction of sp³-hybridized carbons (Fsp3) is 1.00. The van der Waals surface area contributed by atoms with Crippen LogP contribution < -0.4 is 11.3 Å². The summed E-state index contributed by atoms with van der Waals surface area (Å²) in [4.78, 5) is 0. The smallest absolute Gasteiger partial charge is 0.344 e. The summed E-state index contributed by atoms with van der Waals surface area (Å²) in [6.07, 6.45) is 4.50. The summed E-state index contributed by atoms with van der Waals surface area (Å²) < 4.78 is 51.2. The van der Waals surface area contributed by atoms with E-state index in [1.165, 1.54) is 19.3 Å². The zero-order chi connectivity index (χ0) is 9.12. The molecule has 0 amide bonds. The molecule has 0 aromatic rings. The van der Waals surface area contributed by atoms with Crippen molar-refractivity contribution in [2.75, 3.05) is 0 Å². The van der Waals surface area contributed by atoms with E-state index >= 15 is 0 Å². The average molecular weight is 208 g/mol. The largest absolute Gasteiger partial charge is 0.511 e. The Balaban J connectivity index is 0. The number of rotatable bonds is 0. The Hall–Kier alpha value is -0.340. The van der Waals surface area contributed by atoms with E-state index in [9.17, 15) is 21.6 Å².